The summed E-state index contributed by atoms with van der Waals surface area (Å²) < 4.78 is 46.8. The largest absolute Gasteiger partial charge is 0.748 e. The Balaban J connectivity index is 1.59. The Morgan fingerprint density at radius 2 is 1.70 bits per heavy atom. The smallest absolute Gasteiger partial charge is 0.337 e. The molecule has 13 heteroatoms. The summed E-state index contributed by atoms with van der Waals surface area (Å²) in [6, 6.07) is 5.14. The van der Waals surface area contributed by atoms with Crippen LogP contribution in [0.5, 0.6) is 11.5 Å². The third-order valence-corrected chi connectivity index (χ3v) is 13.8. The van der Waals surface area contributed by atoms with Crippen LogP contribution in [0, 0.1) is 0 Å². The molecular formula is C40H42Cl2N2O8S. The van der Waals surface area contributed by atoms with Gasteiger partial charge in [0.2, 0.25) is 5.36 Å². The van der Waals surface area contributed by atoms with Gasteiger partial charge in [-0.1, -0.05) is 30.1 Å². The van der Waals surface area contributed by atoms with Crippen molar-refractivity contribution in [1.82, 2.24) is 4.58 Å². The molecule has 10 nitrogen and oxygen atoms in total. The van der Waals surface area contributed by atoms with Crippen LogP contribution in [-0.2, 0) is 23.0 Å². The average Bonchev–Trinajstić information content (AvgIpc) is 3.07. The van der Waals surface area contributed by atoms with Crippen LogP contribution >= 0.6 is 23.2 Å². The standard InChI is InChI=1S/C40H42Cl2N2O8S/c1-6-19-16-39(2,3)43-11-7-9-21-33(43)23(19)13-25-29(30-28(41)15-27(37(45)46)32(42)31(30)38(47)48)26-14-24-20(18-53(49,50)51)17-40(4,5)44-12-8-10-22(34(24)44)36(26)52-35(21)25/h13-15,19-20H,6-12,16-18H2,1-5H3,(H2-,45,46,47,48,49,50,51). The number of anilines is 1. The number of benzene rings is 3. The number of ether oxygens (including phenoxy) is 1. The Labute approximate surface area is 318 Å². The fourth-order valence-corrected chi connectivity index (χ4v) is 11.6. The van der Waals surface area contributed by atoms with Gasteiger partial charge in [-0.15, -0.1) is 0 Å². The summed E-state index contributed by atoms with van der Waals surface area (Å²) in [6.45, 7) is 12.5. The van der Waals surface area contributed by atoms with Gasteiger partial charge in [0.1, 0.15) is 18.0 Å². The minimum atomic E-state index is -4.63. The molecule has 5 aliphatic rings. The van der Waals surface area contributed by atoms with Crippen molar-refractivity contribution in [2.45, 2.75) is 102 Å². The summed E-state index contributed by atoms with van der Waals surface area (Å²) in [6.07, 6.45) is 5.22. The maximum Gasteiger partial charge on any atom is 0.337 e. The molecule has 2 N–H and O–H groups in total. The first-order chi connectivity index (χ1) is 24.8. The number of carboxylic acids is 2. The lowest BCUT2D eigenvalue weighted by atomic mass is 9.74. The number of carbonyl (C=O) groups is 2. The second-order valence-corrected chi connectivity index (χ2v) is 18.7. The molecule has 0 amide bonds. The van der Waals surface area contributed by atoms with Gasteiger partial charge < -0.3 is 24.4 Å². The molecule has 0 saturated heterocycles. The molecule has 5 heterocycles. The highest BCUT2D eigenvalue weighted by Crippen LogP contribution is 2.55. The fraction of sp³-hybridized carbons (Fsp3) is 0.475. The minimum absolute atomic E-state index is 0.0629. The first-order valence-corrected chi connectivity index (χ1v) is 20.6. The van der Waals surface area contributed by atoms with Gasteiger partial charge in [0.25, 0.3) is 0 Å². The Kier molecular flexibility index (Phi) is 8.35. The van der Waals surface area contributed by atoms with E-state index in [2.05, 4.69) is 50.2 Å². The molecule has 0 spiro atoms. The molecule has 0 saturated carbocycles. The quantitative estimate of drug-likeness (QED) is 0.167. The predicted molar refractivity (Wildman–Crippen MR) is 202 cm³/mol. The molecule has 2 unspecified atom stereocenters. The summed E-state index contributed by atoms with van der Waals surface area (Å²) in [7, 11) is -4.63. The van der Waals surface area contributed by atoms with Crippen molar-refractivity contribution in [1.29, 1.82) is 0 Å². The average molecular weight is 782 g/mol. The number of carboxylic acid groups (broad SMARTS) is 2. The van der Waals surface area contributed by atoms with E-state index >= 15 is 0 Å². The zero-order valence-electron chi connectivity index (χ0n) is 30.4. The highest BCUT2D eigenvalue weighted by Gasteiger charge is 2.47. The molecule has 2 atom stereocenters. The molecule has 0 fully saturated rings. The number of hydrogen-bond acceptors (Lipinski definition) is 7. The molecular weight excluding hydrogens is 739 g/mol. The number of halogens is 2. The van der Waals surface area contributed by atoms with Gasteiger partial charge in [0, 0.05) is 75.3 Å². The van der Waals surface area contributed by atoms with Crippen LogP contribution in [0.1, 0.15) is 133 Å². The Hall–Kier alpha value is -3.64. The van der Waals surface area contributed by atoms with Crippen LogP contribution in [0.2, 0.25) is 10.0 Å². The Bertz CT molecular complexity index is 2440. The third-order valence-electron chi connectivity index (χ3n) is 12.3. The predicted octanol–water partition coefficient (Wildman–Crippen LogP) is 6.42. The van der Waals surface area contributed by atoms with Gasteiger partial charge in [-0.25, -0.2) is 22.6 Å². The van der Waals surface area contributed by atoms with Crippen molar-refractivity contribution in [2.24, 2.45) is 0 Å². The summed E-state index contributed by atoms with van der Waals surface area (Å²) >= 11 is 13.7. The van der Waals surface area contributed by atoms with E-state index in [1.165, 1.54) is 6.07 Å². The van der Waals surface area contributed by atoms with E-state index in [9.17, 15) is 32.8 Å². The van der Waals surface area contributed by atoms with Gasteiger partial charge in [-0.05, 0) is 89.5 Å². The third kappa shape index (κ3) is 5.51. The zero-order valence-corrected chi connectivity index (χ0v) is 32.7. The molecule has 5 aliphatic heterocycles. The Morgan fingerprint density at radius 3 is 2.36 bits per heavy atom. The van der Waals surface area contributed by atoms with E-state index in [1.807, 2.05) is 6.07 Å². The number of fused-ring (bicyclic) bond motifs is 4. The van der Waals surface area contributed by atoms with Crippen molar-refractivity contribution in [2.75, 3.05) is 23.7 Å². The molecule has 0 aromatic heterocycles. The van der Waals surface area contributed by atoms with E-state index < -0.39 is 55.4 Å². The molecule has 3 aromatic rings. The lowest BCUT2D eigenvalue weighted by Gasteiger charge is -2.51. The summed E-state index contributed by atoms with van der Waals surface area (Å²) in [5, 5.41) is 22.0. The number of hydrogen-bond donors (Lipinski definition) is 2. The van der Waals surface area contributed by atoms with Crippen molar-refractivity contribution in [3.63, 3.8) is 0 Å². The van der Waals surface area contributed by atoms with Gasteiger partial charge in [-0.2, -0.15) is 0 Å². The van der Waals surface area contributed by atoms with Crippen molar-refractivity contribution in [3.8, 4) is 11.5 Å². The molecule has 0 radical (unpaired) electrons. The van der Waals surface area contributed by atoms with Crippen LogP contribution in [0.25, 0.3) is 5.57 Å². The number of nitrogens with zero attached hydrogens (tertiary/aromatic N) is 2. The molecule has 0 bridgehead atoms. The van der Waals surface area contributed by atoms with E-state index in [0.717, 1.165) is 72.9 Å². The van der Waals surface area contributed by atoms with Crippen molar-refractivity contribution in [3.05, 3.63) is 83.3 Å². The number of aromatic carboxylic acids is 2. The maximum atomic E-state index is 13.2. The van der Waals surface area contributed by atoms with E-state index in [-0.39, 0.29) is 22.0 Å². The monoisotopic (exact) mass is 780 g/mol. The van der Waals surface area contributed by atoms with Crippen molar-refractivity contribution < 1.29 is 37.5 Å². The highest BCUT2D eigenvalue weighted by molar-refractivity contribution is 7.85. The summed E-state index contributed by atoms with van der Waals surface area (Å²) in [4.78, 5) is 27.8. The molecule has 0 aliphatic carbocycles. The maximum absolute atomic E-state index is 13.2. The zero-order chi connectivity index (χ0) is 38.1. The minimum Gasteiger partial charge on any atom is -0.748 e. The van der Waals surface area contributed by atoms with Gasteiger partial charge in [-0.3, -0.25) is 0 Å². The topological polar surface area (TPSA) is 147 Å². The molecule has 280 valence electrons. The van der Waals surface area contributed by atoms with Crippen molar-refractivity contribution >= 4 is 56.5 Å². The van der Waals surface area contributed by atoms with E-state index in [4.69, 9.17) is 27.9 Å². The van der Waals surface area contributed by atoms with E-state index in [1.54, 1.807) is 0 Å². The highest BCUT2D eigenvalue weighted by atomic mass is 35.5. The van der Waals surface area contributed by atoms with E-state index in [0.29, 0.717) is 46.3 Å². The first kappa shape index (κ1) is 36.3. The second-order valence-electron chi connectivity index (χ2n) is 16.5. The second kappa shape index (κ2) is 12.2. The molecule has 3 aromatic carbocycles. The van der Waals surface area contributed by atoms with Gasteiger partial charge >= 0.3 is 11.9 Å². The Morgan fingerprint density at radius 1 is 0.981 bits per heavy atom. The van der Waals surface area contributed by atoms with Crippen LogP contribution in [0.4, 0.5) is 5.69 Å². The summed E-state index contributed by atoms with van der Waals surface area (Å²) in [5.41, 5.74) is 4.12. The van der Waals surface area contributed by atoms with Gasteiger partial charge in [0.15, 0.2) is 5.54 Å². The summed E-state index contributed by atoms with van der Waals surface area (Å²) in [5.74, 6) is -2.77. The van der Waals surface area contributed by atoms with Crippen LogP contribution in [0.15, 0.2) is 18.2 Å². The fourth-order valence-electron chi connectivity index (χ4n) is 10.2. The normalized spacial score (nSPS) is 21.9. The lowest BCUT2D eigenvalue weighted by Crippen LogP contribution is -2.56. The molecule has 8 rings (SSSR count). The van der Waals surface area contributed by atoms with Crippen LogP contribution < -0.4 is 24.8 Å². The number of rotatable bonds is 6. The van der Waals surface area contributed by atoms with Gasteiger partial charge in [0.05, 0.1) is 36.9 Å². The first-order valence-electron chi connectivity index (χ1n) is 18.3. The SMILES string of the molecule is CCC1CC(C)(C)[N+]2=c3c1cc1c(c3CCC2)Oc2c(cc3c4c2CCCN4C(C)(C)CC3CS(=O)(=O)[O-])C=1c1c(Cl)cc(C(=O)O)c(Cl)c1C(=O)O. The molecule has 53 heavy (non-hydrogen) atoms. The van der Waals surface area contributed by atoms with Crippen LogP contribution in [0.3, 0.4) is 0 Å². The lowest BCUT2D eigenvalue weighted by molar-refractivity contribution is 0.0695. The van der Waals surface area contributed by atoms with Crippen LogP contribution in [-0.4, -0.2) is 65.0 Å².